The van der Waals surface area contributed by atoms with Gasteiger partial charge in [-0.25, -0.2) is 4.57 Å². The molecule has 0 aliphatic rings. The van der Waals surface area contributed by atoms with Crippen LogP contribution in [0.4, 0.5) is 0 Å². The number of hydrogen-bond donors (Lipinski definition) is 0. The molecule has 32 heavy (non-hydrogen) atoms. The normalized spacial score (nSPS) is 11.8. The molecule has 0 amide bonds. The van der Waals surface area contributed by atoms with Crippen LogP contribution in [-0.4, -0.2) is 9.55 Å². The molecule has 0 saturated heterocycles. The van der Waals surface area contributed by atoms with Crippen molar-refractivity contribution in [1.82, 2.24) is 9.55 Å². The van der Waals surface area contributed by atoms with Crippen LogP contribution < -0.4 is 4.57 Å². The summed E-state index contributed by atoms with van der Waals surface area (Å²) >= 11 is 0. The van der Waals surface area contributed by atoms with Gasteiger partial charge in [-0.05, 0) is 62.7 Å². The third kappa shape index (κ3) is 2.50. The van der Waals surface area contributed by atoms with E-state index < -0.39 is 0 Å². The predicted molar refractivity (Wildman–Crippen MR) is 129 cm³/mol. The molecule has 6 rings (SSSR count). The van der Waals surface area contributed by atoms with E-state index in [1.807, 2.05) is 24.4 Å². The molecule has 0 spiro atoms. The van der Waals surface area contributed by atoms with Crippen LogP contribution >= 0.6 is 0 Å². The molecule has 4 heteroatoms. The Kier molecular flexibility index (Phi) is 3.99. The second-order valence-corrected chi connectivity index (χ2v) is 8.49. The van der Waals surface area contributed by atoms with E-state index in [1.165, 1.54) is 16.5 Å². The highest BCUT2D eigenvalue weighted by atomic mass is 16.3. The van der Waals surface area contributed by atoms with Gasteiger partial charge in [-0.1, -0.05) is 30.3 Å². The second-order valence-electron chi connectivity index (χ2n) is 8.49. The number of pyridine rings is 1. The maximum Gasteiger partial charge on any atom is 0.296 e. The molecular weight excluding hydrogens is 394 g/mol. The summed E-state index contributed by atoms with van der Waals surface area (Å²) in [4.78, 5) is 4.58. The van der Waals surface area contributed by atoms with E-state index in [2.05, 4.69) is 90.5 Å². The summed E-state index contributed by atoms with van der Waals surface area (Å²) in [6, 6.07) is 23.2. The Morgan fingerprint density at radius 2 is 1.66 bits per heavy atom. The fraction of sp³-hybridized carbons (Fsp3) is 0.143. The first-order valence-corrected chi connectivity index (χ1v) is 10.9. The summed E-state index contributed by atoms with van der Waals surface area (Å²) in [7, 11) is 2.13. The summed E-state index contributed by atoms with van der Waals surface area (Å²) in [5.74, 6) is 1.11. The van der Waals surface area contributed by atoms with Gasteiger partial charge in [0.1, 0.15) is 16.9 Å². The number of aromatic nitrogens is 3. The maximum atomic E-state index is 6.36. The summed E-state index contributed by atoms with van der Waals surface area (Å²) in [6.07, 6.45) is 1.85. The Morgan fingerprint density at radius 1 is 0.875 bits per heavy atom. The summed E-state index contributed by atoms with van der Waals surface area (Å²) in [6.45, 7) is 6.43. The molecule has 0 unspecified atom stereocenters. The van der Waals surface area contributed by atoms with Crippen LogP contribution in [0, 0.1) is 20.8 Å². The van der Waals surface area contributed by atoms with Crippen LogP contribution in [0.15, 0.2) is 77.3 Å². The predicted octanol–water partition coefficient (Wildman–Crippen LogP) is 6.34. The molecular formula is C28H24N3O+. The van der Waals surface area contributed by atoms with Crippen LogP contribution in [0.2, 0.25) is 0 Å². The largest absolute Gasteiger partial charge is 0.456 e. The average Bonchev–Trinajstić information content (AvgIpc) is 3.31. The van der Waals surface area contributed by atoms with Crippen molar-refractivity contribution in [2.24, 2.45) is 7.05 Å². The van der Waals surface area contributed by atoms with Crippen LogP contribution in [0.5, 0.6) is 0 Å². The number of rotatable bonds is 2. The second kappa shape index (κ2) is 6.79. The summed E-state index contributed by atoms with van der Waals surface area (Å²) in [5, 5.41) is 2.32. The smallest absolute Gasteiger partial charge is 0.296 e. The number of furan rings is 1. The molecule has 0 aliphatic carbocycles. The van der Waals surface area contributed by atoms with Crippen LogP contribution in [0.3, 0.4) is 0 Å². The van der Waals surface area contributed by atoms with Gasteiger partial charge in [0, 0.05) is 22.5 Å². The first-order valence-electron chi connectivity index (χ1n) is 10.9. The van der Waals surface area contributed by atoms with Crippen molar-refractivity contribution < 1.29 is 8.98 Å². The van der Waals surface area contributed by atoms with Crippen molar-refractivity contribution in [3.63, 3.8) is 0 Å². The molecule has 3 aromatic heterocycles. The van der Waals surface area contributed by atoms with E-state index in [1.54, 1.807) is 0 Å². The lowest BCUT2D eigenvalue weighted by Gasteiger charge is -2.11. The van der Waals surface area contributed by atoms with E-state index >= 15 is 0 Å². The Balaban J connectivity index is 1.79. The minimum absolute atomic E-state index is 0.924. The van der Waals surface area contributed by atoms with Gasteiger partial charge >= 0.3 is 0 Å². The highest BCUT2D eigenvalue weighted by Crippen LogP contribution is 2.38. The Labute approximate surface area is 186 Å². The lowest BCUT2D eigenvalue weighted by Crippen LogP contribution is -2.30. The van der Waals surface area contributed by atoms with Gasteiger partial charge in [-0.2, -0.15) is 4.57 Å². The average molecular weight is 419 g/mol. The Bertz CT molecular complexity index is 1670. The molecule has 0 bridgehead atoms. The third-order valence-electron chi connectivity index (χ3n) is 6.55. The summed E-state index contributed by atoms with van der Waals surface area (Å²) < 4.78 is 11.0. The molecule has 0 aliphatic heterocycles. The number of benzene rings is 3. The highest BCUT2D eigenvalue weighted by molar-refractivity contribution is 6.07. The zero-order valence-corrected chi connectivity index (χ0v) is 18.7. The van der Waals surface area contributed by atoms with Gasteiger partial charge in [-0.3, -0.25) is 4.98 Å². The van der Waals surface area contributed by atoms with Crippen molar-refractivity contribution in [3.05, 3.63) is 89.7 Å². The van der Waals surface area contributed by atoms with E-state index in [4.69, 9.17) is 4.42 Å². The molecule has 6 aromatic rings. The third-order valence-corrected chi connectivity index (χ3v) is 6.55. The lowest BCUT2D eigenvalue weighted by molar-refractivity contribution is -0.633. The first kappa shape index (κ1) is 18.8. The molecule has 0 radical (unpaired) electrons. The van der Waals surface area contributed by atoms with E-state index in [9.17, 15) is 0 Å². The molecule has 0 fully saturated rings. The molecule has 0 N–H and O–H groups in total. The topological polar surface area (TPSA) is 34.8 Å². The fourth-order valence-electron chi connectivity index (χ4n) is 5.08. The number of fused-ring (bicyclic) bond motifs is 4. The van der Waals surface area contributed by atoms with Crippen LogP contribution in [-0.2, 0) is 7.05 Å². The van der Waals surface area contributed by atoms with E-state index in [0.29, 0.717) is 0 Å². The molecule has 3 heterocycles. The van der Waals surface area contributed by atoms with Gasteiger partial charge in [0.25, 0.3) is 5.82 Å². The van der Waals surface area contributed by atoms with E-state index in [-0.39, 0.29) is 0 Å². The summed E-state index contributed by atoms with van der Waals surface area (Å²) in [5.41, 5.74) is 9.85. The van der Waals surface area contributed by atoms with Crippen molar-refractivity contribution >= 4 is 33.0 Å². The van der Waals surface area contributed by atoms with Gasteiger partial charge in [0.15, 0.2) is 11.0 Å². The lowest BCUT2D eigenvalue weighted by atomic mass is 10.0. The van der Waals surface area contributed by atoms with Crippen molar-refractivity contribution in [2.45, 2.75) is 20.8 Å². The van der Waals surface area contributed by atoms with Gasteiger partial charge in [-0.15, -0.1) is 0 Å². The van der Waals surface area contributed by atoms with Crippen LogP contribution in [0.25, 0.3) is 50.0 Å². The first-order chi connectivity index (χ1) is 15.6. The Morgan fingerprint density at radius 3 is 2.50 bits per heavy atom. The molecule has 0 saturated carbocycles. The quantitative estimate of drug-likeness (QED) is 0.308. The molecule has 156 valence electrons. The van der Waals surface area contributed by atoms with Gasteiger partial charge in [0.2, 0.25) is 0 Å². The van der Waals surface area contributed by atoms with Gasteiger partial charge < -0.3 is 4.42 Å². The number of nitrogens with zero attached hydrogens (tertiary/aromatic N) is 3. The van der Waals surface area contributed by atoms with Crippen molar-refractivity contribution in [1.29, 1.82) is 0 Å². The van der Waals surface area contributed by atoms with Gasteiger partial charge in [0.05, 0.1) is 18.3 Å². The molecule has 4 nitrogen and oxygen atoms in total. The van der Waals surface area contributed by atoms with E-state index in [0.717, 1.165) is 50.4 Å². The monoisotopic (exact) mass is 418 g/mol. The fourth-order valence-corrected chi connectivity index (χ4v) is 5.08. The minimum atomic E-state index is 0.924. The minimum Gasteiger partial charge on any atom is -0.456 e. The van der Waals surface area contributed by atoms with Crippen LogP contribution in [0.1, 0.15) is 16.8 Å². The van der Waals surface area contributed by atoms with Crippen molar-refractivity contribution in [2.75, 3.05) is 0 Å². The molecule has 0 atom stereocenters. The molecule has 3 aromatic carbocycles. The maximum absolute atomic E-state index is 6.36. The zero-order chi connectivity index (χ0) is 22.0. The standard InChI is InChI=1S/C28H24N3O/c1-17-16-22-21-10-5-8-14-25(21)32-27(22)18(2)26(17)31-24-13-7-6-12-23(24)30(4)28(31)20-11-9-15-29-19(20)3/h5-16H,1-4H3/q+1. The number of aryl methyl sites for hydroxylation is 4. The zero-order valence-electron chi connectivity index (χ0n) is 18.7. The number of imidazole rings is 1. The SMILES string of the molecule is Cc1cc2c(oc3ccccc32)c(C)c1-n1c(-c2cccnc2C)[n+](C)c2ccccc21. The highest BCUT2D eigenvalue weighted by Gasteiger charge is 2.30. The number of para-hydroxylation sites is 3. The Hall–Kier alpha value is -3.92. The van der Waals surface area contributed by atoms with Crippen molar-refractivity contribution in [3.8, 4) is 17.1 Å². The number of hydrogen-bond acceptors (Lipinski definition) is 2.